The Balaban J connectivity index is 1.96. The number of H-pyrrole nitrogens is 1. The van der Waals surface area contributed by atoms with E-state index in [9.17, 15) is 14.7 Å². The van der Waals surface area contributed by atoms with Crippen molar-refractivity contribution in [2.75, 3.05) is 0 Å². The van der Waals surface area contributed by atoms with Gasteiger partial charge in [-0.05, 0) is 29.3 Å². The SMILES string of the molecule is O=C(O)C1(Cn2nnnc2-c2cccc(=O)[nH]2)CCCC1. The van der Waals surface area contributed by atoms with Gasteiger partial charge in [-0.2, -0.15) is 0 Å². The van der Waals surface area contributed by atoms with Crippen LogP contribution in [0.5, 0.6) is 0 Å². The molecule has 0 atom stereocenters. The molecule has 0 bridgehead atoms. The highest BCUT2D eigenvalue weighted by atomic mass is 16.4. The number of aromatic nitrogens is 5. The molecule has 8 nitrogen and oxygen atoms in total. The Morgan fingerprint density at radius 3 is 2.81 bits per heavy atom. The number of carboxylic acid groups (broad SMARTS) is 1. The largest absolute Gasteiger partial charge is 0.481 e. The monoisotopic (exact) mass is 289 g/mol. The zero-order valence-corrected chi connectivity index (χ0v) is 11.3. The summed E-state index contributed by atoms with van der Waals surface area (Å²) in [6.07, 6.45) is 3.03. The van der Waals surface area contributed by atoms with Crippen molar-refractivity contribution in [3.8, 4) is 11.5 Å². The van der Waals surface area contributed by atoms with Crippen LogP contribution in [0.25, 0.3) is 11.5 Å². The number of tetrazole rings is 1. The minimum Gasteiger partial charge on any atom is -0.481 e. The summed E-state index contributed by atoms with van der Waals surface area (Å²) in [5, 5.41) is 20.9. The number of hydrogen-bond acceptors (Lipinski definition) is 5. The Bertz CT molecular complexity index is 714. The number of pyridine rings is 1. The molecule has 0 saturated heterocycles. The van der Waals surface area contributed by atoms with Gasteiger partial charge in [-0.25, -0.2) is 4.68 Å². The standard InChI is InChI=1S/C13H15N5O3/c19-10-5-3-4-9(14-10)11-15-16-17-18(11)8-13(12(20)21)6-1-2-7-13/h3-5H,1-2,6-8H2,(H,14,19)(H,20,21). The van der Waals surface area contributed by atoms with Crippen LogP contribution in [-0.2, 0) is 11.3 Å². The molecule has 0 radical (unpaired) electrons. The molecule has 8 heteroatoms. The first kappa shape index (κ1) is 13.5. The van der Waals surface area contributed by atoms with Crippen LogP contribution in [0.2, 0.25) is 0 Å². The molecular weight excluding hydrogens is 274 g/mol. The van der Waals surface area contributed by atoms with Crippen LogP contribution in [0.1, 0.15) is 25.7 Å². The fraction of sp³-hybridized carbons (Fsp3) is 0.462. The van der Waals surface area contributed by atoms with Gasteiger partial charge in [0.15, 0.2) is 5.82 Å². The van der Waals surface area contributed by atoms with Crippen molar-refractivity contribution in [2.45, 2.75) is 32.2 Å². The van der Waals surface area contributed by atoms with Crippen LogP contribution in [-0.4, -0.2) is 36.3 Å². The van der Waals surface area contributed by atoms with Gasteiger partial charge in [-0.15, -0.1) is 5.10 Å². The summed E-state index contributed by atoms with van der Waals surface area (Å²) in [5.74, 6) is -0.441. The Morgan fingerprint density at radius 2 is 2.14 bits per heavy atom. The smallest absolute Gasteiger partial charge is 0.311 e. The normalized spacial score (nSPS) is 17.0. The molecule has 0 spiro atoms. The van der Waals surface area contributed by atoms with Crippen LogP contribution >= 0.6 is 0 Å². The Hall–Kier alpha value is -2.51. The molecule has 2 aromatic rings. The maximum atomic E-state index is 11.6. The molecule has 110 valence electrons. The van der Waals surface area contributed by atoms with E-state index >= 15 is 0 Å². The fourth-order valence-electron chi connectivity index (χ4n) is 2.86. The number of nitrogens with zero attached hydrogens (tertiary/aromatic N) is 4. The van der Waals surface area contributed by atoms with Crippen LogP contribution in [0.4, 0.5) is 0 Å². The van der Waals surface area contributed by atoms with E-state index in [-0.39, 0.29) is 12.1 Å². The van der Waals surface area contributed by atoms with Crippen LogP contribution in [0, 0.1) is 5.41 Å². The quantitative estimate of drug-likeness (QED) is 0.855. The molecule has 0 unspecified atom stereocenters. The predicted octanol–water partition coefficient (Wildman–Crippen LogP) is 0.673. The molecule has 0 aromatic carbocycles. The summed E-state index contributed by atoms with van der Waals surface area (Å²) in [6.45, 7) is 0.210. The lowest BCUT2D eigenvalue weighted by atomic mass is 9.86. The Kier molecular flexibility index (Phi) is 3.28. The van der Waals surface area contributed by atoms with Gasteiger partial charge >= 0.3 is 5.97 Å². The first-order chi connectivity index (χ1) is 10.1. The second-order valence-electron chi connectivity index (χ2n) is 5.38. The second kappa shape index (κ2) is 5.12. The van der Waals surface area contributed by atoms with Crippen LogP contribution in [0.15, 0.2) is 23.0 Å². The Morgan fingerprint density at radius 1 is 1.38 bits per heavy atom. The van der Waals surface area contributed by atoms with Gasteiger partial charge in [0, 0.05) is 6.07 Å². The predicted molar refractivity (Wildman–Crippen MR) is 72.4 cm³/mol. The maximum Gasteiger partial charge on any atom is 0.311 e. The lowest BCUT2D eigenvalue weighted by Crippen LogP contribution is -2.33. The highest BCUT2D eigenvalue weighted by Crippen LogP contribution is 2.40. The second-order valence-corrected chi connectivity index (χ2v) is 5.38. The molecule has 21 heavy (non-hydrogen) atoms. The van der Waals surface area contributed by atoms with Gasteiger partial charge in [-0.3, -0.25) is 9.59 Å². The number of aliphatic carboxylic acids is 1. The fourth-order valence-corrected chi connectivity index (χ4v) is 2.86. The minimum absolute atomic E-state index is 0.210. The first-order valence-corrected chi connectivity index (χ1v) is 6.80. The lowest BCUT2D eigenvalue weighted by molar-refractivity contribution is -0.149. The van der Waals surface area contributed by atoms with E-state index < -0.39 is 11.4 Å². The highest BCUT2D eigenvalue weighted by Gasteiger charge is 2.42. The molecule has 1 fully saturated rings. The first-order valence-electron chi connectivity index (χ1n) is 6.80. The average molecular weight is 289 g/mol. The van der Waals surface area contributed by atoms with Gasteiger partial charge in [-0.1, -0.05) is 18.9 Å². The van der Waals surface area contributed by atoms with Gasteiger partial charge < -0.3 is 10.1 Å². The van der Waals surface area contributed by atoms with Crippen molar-refractivity contribution in [3.05, 3.63) is 28.6 Å². The van der Waals surface area contributed by atoms with Crippen molar-refractivity contribution >= 4 is 5.97 Å². The third kappa shape index (κ3) is 2.44. The molecule has 1 aliphatic rings. The zero-order valence-electron chi connectivity index (χ0n) is 11.3. The van der Waals surface area contributed by atoms with Gasteiger partial charge in [0.05, 0.1) is 17.7 Å². The van der Waals surface area contributed by atoms with Crippen molar-refractivity contribution in [3.63, 3.8) is 0 Å². The molecule has 2 N–H and O–H groups in total. The van der Waals surface area contributed by atoms with E-state index in [1.807, 2.05) is 0 Å². The number of hydrogen-bond donors (Lipinski definition) is 2. The Labute approximate surface area is 119 Å². The number of rotatable bonds is 4. The third-order valence-corrected chi connectivity index (χ3v) is 4.01. The number of aromatic amines is 1. The van der Waals surface area contributed by atoms with Crippen LogP contribution < -0.4 is 5.56 Å². The molecule has 1 aliphatic carbocycles. The molecule has 0 amide bonds. The molecular formula is C13H15N5O3. The summed E-state index contributed by atoms with van der Waals surface area (Å²) < 4.78 is 1.46. The van der Waals surface area contributed by atoms with Gasteiger partial charge in [0.25, 0.3) is 0 Å². The van der Waals surface area contributed by atoms with E-state index in [2.05, 4.69) is 20.5 Å². The highest BCUT2D eigenvalue weighted by molar-refractivity contribution is 5.75. The molecule has 2 aromatic heterocycles. The molecule has 2 heterocycles. The van der Waals surface area contributed by atoms with E-state index in [0.29, 0.717) is 24.4 Å². The molecule has 3 rings (SSSR count). The topological polar surface area (TPSA) is 114 Å². The summed E-state index contributed by atoms with van der Waals surface area (Å²) in [5.41, 5.74) is -0.596. The van der Waals surface area contributed by atoms with Gasteiger partial charge in [0.2, 0.25) is 5.56 Å². The van der Waals surface area contributed by atoms with E-state index in [1.54, 1.807) is 12.1 Å². The van der Waals surface area contributed by atoms with E-state index in [0.717, 1.165) is 12.8 Å². The van der Waals surface area contributed by atoms with Crippen molar-refractivity contribution in [2.24, 2.45) is 5.41 Å². The minimum atomic E-state index is -0.820. The summed E-state index contributed by atoms with van der Waals surface area (Å²) in [4.78, 5) is 25.6. The third-order valence-electron chi connectivity index (χ3n) is 4.01. The number of carbonyl (C=O) groups is 1. The van der Waals surface area contributed by atoms with Crippen LogP contribution in [0.3, 0.4) is 0 Å². The van der Waals surface area contributed by atoms with Crippen molar-refractivity contribution in [1.82, 2.24) is 25.2 Å². The number of carboxylic acids is 1. The summed E-state index contributed by atoms with van der Waals surface area (Å²) >= 11 is 0. The summed E-state index contributed by atoms with van der Waals surface area (Å²) in [7, 11) is 0. The van der Waals surface area contributed by atoms with Crippen molar-refractivity contribution < 1.29 is 9.90 Å². The lowest BCUT2D eigenvalue weighted by Gasteiger charge is -2.23. The summed E-state index contributed by atoms with van der Waals surface area (Å²) in [6, 6.07) is 4.69. The van der Waals surface area contributed by atoms with Crippen molar-refractivity contribution in [1.29, 1.82) is 0 Å². The zero-order chi connectivity index (χ0) is 14.9. The van der Waals surface area contributed by atoms with Gasteiger partial charge in [0.1, 0.15) is 0 Å². The van der Waals surface area contributed by atoms with E-state index in [4.69, 9.17) is 0 Å². The molecule has 1 saturated carbocycles. The average Bonchev–Trinajstić information content (AvgIpc) is 3.09. The number of nitrogens with one attached hydrogen (secondary N) is 1. The van der Waals surface area contributed by atoms with E-state index in [1.165, 1.54) is 10.7 Å². The molecule has 0 aliphatic heterocycles. The maximum absolute atomic E-state index is 11.6.